The molecule has 14 N–H and O–H groups in total. The molecule has 0 aliphatic carbocycles. The number of rotatable bonds is 111. The highest BCUT2D eigenvalue weighted by molar-refractivity contribution is 5.81. The summed E-state index contributed by atoms with van der Waals surface area (Å²) in [5, 5.41) is 120. The summed E-state index contributed by atoms with van der Waals surface area (Å²) in [5.74, 6) is -1.14. The lowest BCUT2D eigenvalue weighted by Gasteiger charge is -2.27. The van der Waals surface area contributed by atoms with Gasteiger partial charge in [-0.3, -0.25) is 14.9 Å². The highest BCUT2D eigenvalue weighted by Crippen LogP contribution is 2.24. The molecule has 136 heavy (non-hydrogen) atoms. The normalized spacial score (nSPS) is 14.2. The number of carbonyl (C=O) groups is 2. The van der Waals surface area contributed by atoms with Crippen molar-refractivity contribution in [3.63, 3.8) is 0 Å². The number of amides is 2. The second-order valence-corrected chi connectivity index (χ2v) is 42.6. The minimum Gasteiger partial charge on any atom is -0.395 e. The van der Waals surface area contributed by atoms with Crippen LogP contribution < -0.4 is 16.0 Å². The molecule has 0 radical (unpaired) electrons. The summed E-state index contributed by atoms with van der Waals surface area (Å²) < 4.78 is 0. The van der Waals surface area contributed by atoms with E-state index in [4.69, 9.17) is 0 Å². The SMILES string of the molecule is CCCCCCCCCCCCCCCCCC(O)NC(CO)C(O)CCCCCCCCCCCCCCC.CCCCCCCCCCCCCCCCCCCCCCC(O)C(=O)NC(CO)C(O)/C=C/C(O)CCCCCCCCCCCC.CCCCCCCCCCCCCCCCCCCCCCC(O)C(=O)NC(CO)C(O)C(O)CCCCCCCCCCCCCC. The molecule has 0 fully saturated rings. The molecule has 0 aliphatic rings. The summed E-state index contributed by atoms with van der Waals surface area (Å²) >= 11 is 0. The molecule has 0 bridgehead atoms. The summed E-state index contributed by atoms with van der Waals surface area (Å²) in [6.45, 7) is 12.5. The van der Waals surface area contributed by atoms with Crippen LogP contribution in [0.4, 0.5) is 0 Å². The van der Waals surface area contributed by atoms with Gasteiger partial charge in [-0.1, -0.05) is 625 Å². The lowest BCUT2D eigenvalue weighted by Crippen LogP contribution is -2.53. The van der Waals surface area contributed by atoms with Crippen molar-refractivity contribution in [1.29, 1.82) is 0 Å². The molecule has 11 atom stereocenters. The van der Waals surface area contributed by atoms with Crippen LogP contribution in [0.2, 0.25) is 0 Å². The Morgan fingerprint density at radius 3 is 0.588 bits per heavy atom. The van der Waals surface area contributed by atoms with Crippen molar-refractivity contribution in [2.75, 3.05) is 19.8 Å². The molecule has 816 valence electrons. The van der Waals surface area contributed by atoms with Crippen molar-refractivity contribution in [2.24, 2.45) is 0 Å². The maximum Gasteiger partial charge on any atom is 0.249 e. The Kier molecular flexibility index (Phi) is 119. The standard InChI is InChI=1S/C42H83NO5.C42H85NO5.C36H75NO3/c1-3-5-7-9-11-13-15-16-17-18-19-20-21-22-23-24-26-28-30-32-34-41(47)42(48)43-39(37-44)40(46)36-35-38(45)33-31-29-27-25-14-12-10-8-6-4-2;1-3-5-7-9-11-13-15-17-18-19-20-21-22-23-24-26-28-30-32-34-36-40(46)42(48)43-38(37-44)41(47)39(45)35-33-31-29-27-25-16-14-12-10-8-6-4-2;1-3-5-7-9-11-13-15-17-18-20-22-24-26-28-30-32-36(40)37-34(33-38)35(39)31-29-27-25-23-21-19-16-14-12-10-8-6-4-2/h35-36,38-41,44-47H,3-34,37H2,1-2H3,(H,43,48);38-41,44-47H,3-37H2,1-2H3,(H,43,48);34-40H,3-33H2,1-2H3/b36-35+;;. The molecule has 0 spiro atoms. The summed E-state index contributed by atoms with van der Waals surface area (Å²) in [6.07, 6.45) is 116. The predicted molar refractivity (Wildman–Crippen MR) is 587 cm³/mol. The smallest absolute Gasteiger partial charge is 0.249 e. The quantitative estimate of drug-likeness (QED) is 0.0153. The third-order valence-electron chi connectivity index (χ3n) is 29.0. The molecule has 0 heterocycles. The van der Waals surface area contributed by atoms with E-state index in [1.807, 2.05) is 0 Å². The van der Waals surface area contributed by atoms with Crippen LogP contribution in [-0.2, 0) is 9.59 Å². The molecule has 2 amide bonds. The van der Waals surface area contributed by atoms with E-state index in [0.717, 1.165) is 96.3 Å². The van der Waals surface area contributed by atoms with E-state index >= 15 is 0 Å². The van der Waals surface area contributed by atoms with Crippen LogP contribution >= 0.6 is 0 Å². The van der Waals surface area contributed by atoms with Gasteiger partial charge in [-0.25, -0.2) is 0 Å². The Labute approximate surface area is 845 Å². The van der Waals surface area contributed by atoms with Crippen molar-refractivity contribution in [2.45, 2.75) is 725 Å². The van der Waals surface area contributed by atoms with E-state index in [0.29, 0.717) is 38.5 Å². The second kappa shape index (κ2) is 117. The van der Waals surface area contributed by atoms with Crippen LogP contribution in [0.25, 0.3) is 0 Å². The first-order valence-electron chi connectivity index (χ1n) is 60.9. The first kappa shape index (κ1) is 138. The number of unbranched alkanes of at least 4 members (excludes halogenated alkanes) is 84. The highest BCUT2D eigenvalue weighted by atomic mass is 16.3. The number of aliphatic hydroxyl groups is 11. The Morgan fingerprint density at radius 1 is 0.199 bits per heavy atom. The number of hydrogen-bond donors (Lipinski definition) is 14. The van der Waals surface area contributed by atoms with Crippen molar-refractivity contribution in [1.82, 2.24) is 16.0 Å². The summed E-state index contributed by atoms with van der Waals surface area (Å²) in [6, 6.07) is -2.32. The Balaban J connectivity index is -0.00000196. The van der Waals surface area contributed by atoms with Gasteiger partial charge in [0.05, 0.1) is 62.4 Å². The first-order chi connectivity index (χ1) is 66.6. The van der Waals surface area contributed by atoms with Gasteiger partial charge in [0.2, 0.25) is 11.8 Å². The molecule has 0 aromatic rings. The van der Waals surface area contributed by atoms with Gasteiger partial charge in [-0.05, 0) is 44.9 Å². The molecule has 0 rings (SSSR count). The second-order valence-electron chi connectivity index (χ2n) is 42.6. The molecule has 0 saturated carbocycles. The molecular formula is C120H243N3O13. The van der Waals surface area contributed by atoms with Gasteiger partial charge in [0.15, 0.2) is 0 Å². The van der Waals surface area contributed by atoms with E-state index in [9.17, 15) is 65.8 Å². The van der Waals surface area contributed by atoms with Gasteiger partial charge in [0, 0.05) is 0 Å². The lowest BCUT2D eigenvalue weighted by molar-refractivity contribution is -0.133. The van der Waals surface area contributed by atoms with Crippen molar-refractivity contribution in [3.8, 4) is 0 Å². The Hall–Kier alpha value is -1.80. The third-order valence-corrected chi connectivity index (χ3v) is 29.0. The molecule has 0 aromatic heterocycles. The van der Waals surface area contributed by atoms with Crippen molar-refractivity contribution < 1.29 is 65.8 Å². The van der Waals surface area contributed by atoms with Gasteiger partial charge in [0.1, 0.15) is 24.5 Å². The summed E-state index contributed by atoms with van der Waals surface area (Å²) in [5.41, 5.74) is 0. The number of aliphatic hydroxyl groups excluding tert-OH is 11. The van der Waals surface area contributed by atoms with Crippen LogP contribution in [0, 0.1) is 0 Å². The van der Waals surface area contributed by atoms with Crippen LogP contribution in [0.1, 0.15) is 658 Å². The highest BCUT2D eigenvalue weighted by Gasteiger charge is 2.30. The average molecular weight is 1940 g/mol. The van der Waals surface area contributed by atoms with Gasteiger partial charge in [0.25, 0.3) is 0 Å². The molecule has 16 nitrogen and oxygen atoms in total. The lowest BCUT2D eigenvalue weighted by atomic mass is 9.99. The van der Waals surface area contributed by atoms with Gasteiger partial charge in [-0.2, -0.15) is 0 Å². The summed E-state index contributed by atoms with van der Waals surface area (Å²) in [4.78, 5) is 24.9. The Bertz CT molecular complexity index is 2270. The van der Waals surface area contributed by atoms with Gasteiger partial charge in [-0.15, -0.1) is 0 Å². The largest absolute Gasteiger partial charge is 0.395 e. The fraction of sp³-hybridized carbons (Fsp3) is 0.967. The molecule has 11 unspecified atom stereocenters. The maximum atomic E-state index is 12.5. The van der Waals surface area contributed by atoms with Crippen molar-refractivity contribution in [3.05, 3.63) is 12.2 Å². The van der Waals surface area contributed by atoms with Crippen LogP contribution in [0.5, 0.6) is 0 Å². The van der Waals surface area contributed by atoms with Crippen molar-refractivity contribution >= 4 is 11.8 Å². The van der Waals surface area contributed by atoms with E-state index in [1.165, 1.54) is 488 Å². The van der Waals surface area contributed by atoms with Gasteiger partial charge >= 0.3 is 0 Å². The fourth-order valence-corrected chi connectivity index (χ4v) is 19.3. The van der Waals surface area contributed by atoms with E-state index < -0.39 is 92.1 Å². The topological polar surface area (TPSA) is 293 Å². The zero-order chi connectivity index (χ0) is 100. The first-order valence-corrected chi connectivity index (χ1v) is 60.9. The molecular weight excluding hydrogens is 1690 g/mol. The fourth-order valence-electron chi connectivity index (χ4n) is 19.3. The predicted octanol–water partition coefficient (Wildman–Crippen LogP) is 31.8. The van der Waals surface area contributed by atoms with Gasteiger partial charge < -0.3 is 66.8 Å². The van der Waals surface area contributed by atoms with Crippen LogP contribution in [-0.4, -0.2) is 155 Å². The molecule has 0 aromatic carbocycles. The van der Waals surface area contributed by atoms with E-state index in [-0.39, 0.29) is 6.61 Å². The number of carbonyl (C=O) groups excluding carboxylic acids is 2. The average Bonchev–Trinajstić information content (AvgIpc) is 0.894. The number of hydrogen-bond acceptors (Lipinski definition) is 14. The summed E-state index contributed by atoms with van der Waals surface area (Å²) in [7, 11) is 0. The molecule has 16 heteroatoms. The maximum absolute atomic E-state index is 12.5. The Morgan fingerprint density at radius 2 is 0.375 bits per heavy atom. The van der Waals surface area contributed by atoms with Crippen LogP contribution in [0.15, 0.2) is 12.2 Å². The monoisotopic (exact) mass is 1930 g/mol. The van der Waals surface area contributed by atoms with Crippen LogP contribution in [0.3, 0.4) is 0 Å². The zero-order valence-electron chi connectivity index (χ0n) is 91.7. The van der Waals surface area contributed by atoms with E-state index in [1.54, 1.807) is 6.08 Å². The van der Waals surface area contributed by atoms with E-state index in [2.05, 4.69) is 57.5 Å². The minimum absolute atomic E-state index is 0.129. The molecule has 0 aliphatic heterocycles. The minimum atomic E-state index is -1.25. The molecule has 0 saturated heterocycles. The zero-order valence-corrected chi connectivity index (χ0v) is 91.7. The third kappa shape index (κ3) is 105. The number of nitrogens with one attached hydrogen (secondary N) is 3.